The molecule has 1 saturated carbocycles. The van der Waals surface area contributed by atoms with E-state index in [0.717, 1.165) is 24.4 Å². The Kier molecular flexibility index (Phi) is 5.30. The van der Waals surface area contributed by atoms with Crippen molar-refractivity contribution in [2.75, 3.05) is 13.1 Å². The van der Waals surface area contributed by atoms with E-state index in [0.29, 0.717) is 5.54 Å². The lowest BCUT2D eigenvalue weighted by molar-refractivity contribution is 0.0205. The van der Waals surface area contributed by atoms with E-state index in [1.54, 1.807) is 0 Å². The van der Waals surface area contributed by atoms with Gasteiger partial charge >= 0.3 is 0 Å². The molecular formula is C17H34N2. The fraction of sp³-hybridized carbons (Fsp3) is 1.00. The van der Waals surface area contributed by atoms with Crippen LogP contribution in [-0.2, 0) is 0 Å². The summed E-state index contributed by atoms with van der Waals surface area (Å²) in [7, 11) is 0. The van der Waals surface area contributed by atoms with Crippen LogP contribution in [0.4, 0.5) is 0 Å². The molecule has 1 aliphatic heterocycles. The summed E-state index contributed by atoms with van der Waals surface area (Å²) in [6.07, 6.45) is 11.0. The third-order valence-electron chi connectivity index (χ3n) is 5.57. The van der Waals surface area contributed by atoms with Crippen LogP contribution in [0.25, 0.3) is 0 Å². The van der Waals surface area contributed by atoms with E-state index >= 15 is 0 Å². The Morgan fingerprint density at radius 2 is 2.05 bits per heavy atom. The van der Waals surface area contributed by atoms with Gasteiger partial charge in [-0.15, -0.1) is 0 Å². The summed E-state index contributed by atoms with van der Waals surface area (Å²) in [5.74, 6) is 1.74. The molecule has 3 atom stereocenters. The standard InChI is InChI=1S/C17H34N2/c1-4-16-8-6-10-19(16)17(13-18)9-5-7-15(12-17)11-14(2)3/h14-16H,4-13,18H2,1-3H3. The number of nitrogens with zero attached hydrogens (tertiary/aromatic N) is 1. The van der Waals surface area contributed by atoms with Crippen LogP contribution in [0.5, 0.6) is 0 Å². The van der Waals surface area contributed by atoms with Gasteiger partial charge in [0.2, 0.25) is 0 Å². The summed E-state index contributed by atoms with van der Waals surface area (Å²) in [4.78, 5) is 2.82. The molecule has 2 fully saturated rings. The molecule has 0 radical (unpaired) electrons. The van der Waals surface area contributed by atoms with Crippen LogP contribution in [0.3, 0.4) is 0 Å². The summed E-state index contributed by atoms with van der Waals surface area (Å²) < 4.78 is 0. The number of rotatable bonds is 5. The highest BCUT2D eigenvalue weighted by Crippen LogP contribution is 2.42. The van der Waals surface area contributed by atoms with Gasteiger partial charge in [0.15, 0.2) is 0 Å². The monoisotopic (exact) mass is 266 g/mol. The van der Waals surface area contributed by atoms with Crippen molar-refractivity contribution in [1.82, 2.24) is 4.90 Å². The van der Waals surface area contributed by atoms with Gasteiger partial charge in [0.1, 0.15) is 0 Å². The van der Waals surface area contributed by atoms with Crippen molar-refractivity contribution in [3.63, 3.8) is 0 Å². The first-order chi connectivity index (χ1) is 9.11. The second-order valence-corrected chi connectivity index (χ2v) is 7.42. The fourth-order valence-electron chi connectivity index (χ4n) is 4.78. The predicted molar refractivity (Wildman–Crippen MR) is 83.2 cm³/mol. The molecule has 0 aromatic carbocycles. The van der Waals surface area contributed by atoms with E-state index in [4.69, 9.17) is 5.73 Å². The summed E-state index contributed by atoms with van der Waals surface area (Å²) in [5.41, 5.74) is 6.63. The maximum atomic E-state index is 6.29. The molecule has 2 rings (SSSR count). The molecule has 2 heteroatoms. The molecule has 0 aromatic rings. The van der Waals surface area contributed by atoms with E-state index in [2.05, 4.69) is 25.7 Å². The average Bonchev–Trinajstić information content (AvgIpc) is 2.87. The van der Waals surface area contributed by atoms with Crippen LogP contribution in [0.15, 0.2) is 0 Å². The van der Waals surface area contributed by atoms with Crippen molar-refractivity contribution in [3.8, 4) is 0 Å². The Labute approximate surface area is 120 Å². The van der Waals surface area contributed by atoms with E-state index in [1.165, 1.54) is 57.9 Å². The number of hydrogen-bond donors (Lipinski definition) is 1. The minimum Gasteiger partial charge on any atom is -0.329 e. The first-order valence-electron chi connectivity index (χ1n) is 8.58. The van der Waals surface area contributed by atoms with E-state index in [-0.39, 0.29) is 0 Å². The zero-order valence-corrected chi connectivity index (χ0v) is 13.3. The molecule has 0 bridgehead atoms. The van der Waals surface area contributed by atoms with E-state index in [1.807, 2.05) is 0 Å². The summed E-state index contributed by atoms with van der Waals surface area (Å²) in [6, 6.07) is 0.807. The normalized spacial score (nSPS) is 37.1. The third kappa shape index (κ3) is 3.33. The maximum absolute atomic E-state index is 6.29. The fourth-order valence-corrected chi connectivity index (χ4v) is 4.78. The van der Waals surface area contributed by atoms with Crippen molar-refractivity contribution >= 4 is 0 Å². The van der Waals surface area contributed by atoms with Crippen LogP contribution >= 0.6 is 0 Å². The second-order valence-electron chi connectivity index (χ2n) is 7.42. The van der Waals surface area contributed by atoms with Gasteiger partial charge in [0.25, 0.3) is 0 Å². The molecule has 3 unspecified atom stereocenters. The molecule has 1 aliphatic carbocycles. The van der Waals surface area contributed by atoms with Crippen LogP contribution in [0.1, 0.15) is 72.1 Å². The first kappa shape index (κ1) is 15.3. The Bertz CT molecular complexity index is 276. The Morgan fingerprint density at radius 1 is 1.26 bits per heavy atom. The van der Waals surface area contributed by atoms with Crippen molar-refractivity contribution in [3.05, 3.63) is 0 Å². The van der Waals surface area contributed by atoms with Crippen LogP contribution in [-0.4, -0.2) is 29.6 Å². The molecule has 1 heterocycles. The molecule has 1 saturated heterocycles. The molecule has 2 nitrogen and oxygen atoms in total. The zero-order chi connectivity index (χ0) is 13.9. The SMILES string of the molecule is CCC1CCCN1C1(CN)CCCC(CC(C)C)C1. The smallest absolute Gasteiger partial charge is 0.0337 e. The highest BCUT2D eigenvalue weighted by molar-refractivity contribution is 5.00. The molecule has 0 amide bonds. The van der Waals surface area contributed by atoms with Crippen LogP contribution < -0.4 is 5.73 Å². The molecule has 112 valence electrons. The van der Waals surface area contributed by atoms with Crippen LogP contribution in [0.2, 0.25) is 0 Å². The molecule has 2 N–H and O–H groups in total. The predicted octanol–water partition coefficient (Wildman–Crippen LogP) is 3.79. The minimum atomic E-state index is 0.342. The highest BCUT2D eigenvalue weighted by Gasteiger charge is 2.44. The number of likely N-dealkylation sites (tertiary alicyclic amines) is 1. The van der Waals surface area contributed by atoms with Crippen molar-refractivity contribution in [1.29, 1.82) is 0 Å². The summed E-state index contributed by atoms with van der Waals surface area (Å²) >= 11 is 0. The van der Waals surface area contributed by atoms with Gasteiger partial charge in [-0.25, -0.2) is 0 Å². The van der Waals surface area contributed by atoms with Crippen molar-refractivity contribution in [2.45, 2.75) is 83.7 Å². The van der Waals surface area contributed by atoms with Gasteiger partial charge in [0.05, 0.1) is 0 Å². The van der Waals surface area contributed by atoms with E-state index in [9.17, 15) is 0 Å². The lowest BCUT2D eigenvalue weighted by atomic mass is 9.72. The Balaban J connectivity index is 2.08. The molecule has 0 spiro atoms. The van der Waals surface area contributed by atoms with Gasteiger partial charge in [-0.3, -0.25) is 4.90 Å². The third-order valence-corrected chi connectivity index (χ3v) is 5.57. The average molecular weight is 266 g/mol. The second kappa shape index (κ2) is 6.58. The van der Waals surface area contributed by atoms with E-state index < -0.39 is 0 Å². The van der Waals surface area contributed by atoms with Crippen molar-refractivity contribution < 1.29 is 0 Å². The highest BCUT2D eigenvalue weighted by atomic mass is 15.3. The Morgan fingerprint density at radius 3 is 2.68 bits per heavy atom. The van der Waals surface area contributed by atoms with Crippen LogP contribution in [0, 0.1) is 11.8 Å². The summed E-state index contributed by atoms with van der Waals surface area (Å²) in [5, 5.41) is 0. The lowest BCUT2D eigenvalue weighted by Gasteiger charge is -2.49. The molecule has 0 aromatic heterocycles. The molecular weight excluding hydrogens is 232 g/mol. The molecule has 19 heavy (non-hydrogen) atoms. The number of hydrogen-bond acceptors (Lipinski definition) is 2. The topological polar surface area (TPSA) is 29.3 Å². The zero-order valence-electron chi connectivity index (χ0n) is 13.3. The van der Waals surface area contributed by atoms with Gasteiger partial charge < -0.3 is 5.73 Å². The van der Waals surface area contributed by atoms with Gasteiger partial charge in [-0.05, 0) is 56.9 Å². The van der Waals surface area contributed by atoms with Gasteiger partial charge in [-0.2, -0.15) is 0 Å². The van der Waals surface area contributed by atoms with Crippen molar-refractivity contribution in [2.24, 2.45) is 17.6 Å². The minimum absolute atomic E-state index is 0.342. The molecule has 2 aliphatic rings. The maximum Gasteiger partial charge on any atom is 0.0337 e. The van der Waals surface area contributed by atoms with Gasteiger partial charge in [-0.1, -0.05) is 33.6 Å². The Hall–Kier alpha value is -0.0800. The van der Waals surface area contributed by atoms with Gasteiger partial charge in [0, 0.05) is 18.1 Å². The quantitative estimate of drug-likeness (QED) is 0.820. The first-order valence-corrected chi connectivity index (χ1v) is 8.58. The summed E-state index contributed by atoms with van der Waals surface area (Å²) in [6.45, 7) is 9.25. The lowest BCUT2D eigenvalue weighted by Crippen LogP contribution is -2.57. The largest absolute Gasteiger partial charge is 0.329 e. The number of nitrogens with two attached hydrogens (primary N) is 1.